The summed E-state index contributed by atoms with van der Waals surface area (Å²) in [6.45, 7) is 12.9. The second-order valence-electron chi connectivity index (χ2n) is 6.92. The Labute approximate surface area is 141 Å². The normalized spacial score (nSPS) is 26.2. The Balaban J connectivity index is 0.00000441. The topological polar surface area (TPSA) is 73.6 Å². The van der Waals surface area contributed by atoms with Crippen molar-refractivity contribution in [3.8, 4) is 0 Å². The highest BCUT2D eigenvalue weighted by molar-refractivity contribution is 5.88. The van der Waals surface area contributed by atoms with E-state index in [4.69, 9.17) is 15.2 Å². The van der Waals surface area contributed by atoms with Crippen molar-refractivity contribution in [2.75, 3.05) is 26.4 Å². The van der Waals surface area contributed by atoms with E-state index in [-0.39, 0.29) is 29.8 Å². The van der Waals surface area contributed by atoms with Gasteiger partial charge in [0, 0.05) is 38.2 Å². The molecule has 0 aromatic carbocycles. The molecule has 1 aliphatic rings. The van der Waals surface area contributed by atoms with E-state index >= 15 is 0 Å². The first-order valence-corrected chi connectivity index (χ1v) is 8.02. The predicted octanol–water partition coefficient (Wildman–Crippen LogP) is 2.12. The van der Waals surface area contributed by atoms with Gasteiger partial charge in [-0.05, 0) is 19.3 Å². The minimum Gasteiger partial charge on any atom is -0.381 e. The Bertz CT molecular complexity index is 350. The predicted molar refractivity (Wildman–Crippen MR) is 91.3 cm³/mol. The van der Waals surface area contributed by atoms with Crippen LogP contribution in [0.4, 0.5) is 0 Å². The van der Waals surface area contributed by atoms with E-state index in [0.29, 0.717) is 32.1 Å². The van der Waals surface area contributed by atoms with Gasteiger partial charge in [-0.15, -0.1) is 12.4 Å². The number of hydrogen-bond donors (Lipinski definition) is 2. The van der Waals surface area contributed by atoms with Crippen molar-refractivity contribution in [1.82, 2.24) is 5.32 Å². The number of ether oxygens (including phenoxy) is 2. The summed E-state index contributed by atoms with van der Waals surface area (Å²) in [6, 6.07) is 0. The standard InChI is InChI=1S/C16H32N2O3.ClH/c1-6-21-13-10-16(17,15(13,4)5)14(19)18-8-7-9-20-11-12(2)3;/h12-13H,6-11,17H2,1-5H3,(H,18,19);1H. The van der Waals surface area contributed by atoms with Gasteiger partial charge in [-0.2, -0.15) is 0 Å². The van der Waals surface area contributed by atoms with Crippen molar-refractivity contribution in [1.29, 1.82) is 0 Å². The molecule has 6 heteroatoms. The lowest BCUT2D eigenvalue weighted by molar-refractivity contribution is -0.170. The molecule has 0 aromatic rings. The van der Waals surface area contributed by atoms with Crippen LogP contribution in [-0.2, 0) is 14.3 Å². The average Bonchev–Trinajstić information content (AvgIpc) is 2.41. The highest BCUT2D eigenvalue weighted by atomic mass is 35.5. The molecule has 1 aliphatic carbocycles. The van der Waals surface area contributed by atoms with Crippen molar-refractivity contribution in [3.05, 3.63) is 0 Å². The summed E-state index contributed by atoms with van der Waals surface area (Å²) >= 11 is 0. The molecule has 0 aromatic heterocycles. The first-order valence-electron chi connectivity index (χ1n) is 8.02. The van der Waals surface area contributed by atoms with Crippen molar-refractivity contribution >= 4 is 18.3 Å². The largest absolute Gasteiger partial charge is 0.381 e. The smallest absolute Gasteiger partial charge is 0.240 e. The van der Waals surface area contributed by atoms with E-state index in [9.17, 15) is 4.79 Å². The fourth-order valence-electron chi connectivity index (χ4n) is 2.67. The zero-order valence-electron chi connectivity index (χ0n) is 14.6. The second-order valence-corrected chi connectivity index (χ2v) is 6.92. The molecular formula is C16H33ClN2O3. The van der Waals surface area contributed by atoms with Crippen LogP contribution in [-0.4, -0.2) is 43.9 Å². The maximum atomic E-state index is 12.3. The number of nitrogens with one attached hydrogen (secondary N) is 1. The first-order chi connectivity index (χ1) is 9.75. The van der Waals surface area contributed by atoms with E-state index in [1.54, 1.807) is 0 Å². The lowest BCUT2D eigenvalue weighted by atomic mass is 9.54. The van der Waals surface area contributed by atoms with Gasteiger partial charge in [-0.25, -0.2) is 0 Å². The molecule has 5 nitrogen and oxygen atoms in total. The maximum Gasteiger partial charge on any atom is 0.240 e. The minimum absolute atomic E-state index is 0. The summed E-state index contributed by atoms with van der Waals surface area (Å²) in [5.41, 5.74) is 5.14. The number of carbonyl (C=O) groups is 1. The molecule has 0 spiro atoms. The molecule has 1 amide bonds. The molecule has 132 valence electrons. The van der Waals surface area contributed by atoms with Gasteiger partial charge in [-0.3, -0.25) is 4.79 Å². The molecule has 22 heavy (non-hydrogen) atoms. The van der Waals surface area contributed by atoms with Gasteiger partial charge in [0.15, 0.2) is 0 Å². The van der Waals surface area contributed by atoms with Gasteiger partial charge in [0.1, 0.15) is 5.54 Å². The van der Waals surface area contributed by atoms with E-state index < -0.39 is 5.54 Å². The van der Waals surface area contributed by atoms with E-state index in [0.717, 1.165) is 13.0 Å². The van der Waals surface area contributed by atoms with Crippen LogP contribution in [0.25, 0.3) is 0 Å². The summed E-state index contributed by atoms with van der Waals surface area (Å²) in [4.78, 5) is 12.3. The third-order valence-corrected chi connectivity index (χ3v) is 4.44. The fraction of sp³-hybridized carbons (Fsp3) is 0.938. The van der Waals surface area contributed by atoms with Gasteiger partial charge in [-0.1, -0.05) is 27.7 Å². The number of carbonyl (C=O) groups excluding carboxylic acids is 1. The molecule has 1 fully saturated rings. The highest BCUT2D eigenvalue weighted by Gasteiger charge is 2.62. The SMILES string of the molecule is CCOC1CC(N)(C(=O)NCCCOCC(C)C)C1(C)C.Cl. The molecule has 0 radical (unpaired) electrons. The molecule has 3 N–H and O–H groups in total. The minimum atomic E-state index is -0.828. The third-order valence-electron chi connectivity index (χ3n) is 4.44. The summed E-state index contributed by atoms with van der Waals surface area (Å²) in [5.74, 6) is 0.463. The number of halogens is 1. The van der Waals surface area contributed by atoms with Gasteiger partial charge in [0.05, 0.1) is 6.10 Å². The average molecular weight is 337 g/mol. The maximum absolute atomic E-state index is 12.3. The molecule has 0 aliphatic heterocycles. The van der Waals surface area contributed by atoms with Crippen LogP contribution in [0.15, 0.2) is 0 Å². The van der Waals surface area contributed by atoms with Crippen molar-refractivity contribution in [2.45, 2.75) is 59.1 Å². The Kier molecular flexibility index (Phi) is 8.91. The van der Waals surface area contributed by atoms with Crippen LogP contribution < -0.4 is 11.1 Å². The van der Waals surface area contributed by atoms with Crippen LogP contribution in [0.1, 0.15) is 47.5 Å². The number of hydrogen-bond acceptors (Lipinski definition) is 4. The zero-order chi connectivity index (χ0) is 16.1. The van der Waals surface area contributed by atoms with Gasteiger partial charge in [0.25, 0.3) is 0 Å². The molecule has 0 saturated heterocycles. The van der Waals surface area contributed by atoms with E-state index in [2.05, 4.69) is 19.2 Å². The molecular weight excluding hydrogens is 304 g/mol. The lowest BCUT2D eigenvalue weighted by Gasteiger charge is -2.57. The number of nitrogens with two attached hydrogens (primary N) is 1. The zero-order valence-corrected chi connectivity index (χ0v) is 15.4. The summed E-state index contributed by atoms with van der Waals surface area (Å²) in [6.07, 6.45) is 1.46. The van der Waals surface area contributed by atoms with Crippen LogP contribution in [0.3, 0.4) is 0 Å². The molecule has 1 rings (SSSR count). The molecule has 2 unspecified atom stereocenters. The Hall–Kier alpha value is -0.360. The van der Waals surface area contributed by atoms with Crippen LogP contribution in [0.2, 0.25) is 0 Å². The number of rotatable bonds is 9. The van der Waals surface area contributed by atoms with Crippen LogP contribution in [0.5, 0.6) is 0 Å². The van der Waals surface area contributed by atoms with E-state index in [1.807, 2.05) is 20.8 Å². The molecule has 0 heterocycles. The Morgan fingerprint density at radius 2 is 2.05 bits per heavy atom. The second kappa shape index (κ2) is 9.06. The molecule has 1 saturated carbocycles. The summed E-state index contributed by atoms with van der Waals surface area (Å²) in [5, 5.41) is 2.93. The summed E-state index contributed by atoms with van der Waals surface area (Å²) < 4.78 is 11.1. The van der Waals surface area contributed by atoms with Gasteiger partial charge < -0.3 is 20.5 Å². The van der Waals surface area contributed by atoms with Gasteiger partial charge in [0.2, 0.25) is 5.91 Å². The quantitative estimate of drug-likeness (QED) is 0.632. The molecule has 0 bridgehead atoms. The van der Waals surface area contributed by atoms with Gasteiger partial charge >= 0.3 is 0 Å². The molecule has 2 atom stereocenters. The summed E-state index contributed by atoms with van der Waals surface area (Å²) in [7, 11) is 0. The fourth-order valence-corrected chi connectivity index (χ4v) is 2.67. The number of amides is 1. The Morgan fingerprint density at radius 1 is 1.41 bits per heavy atom. The van der Waals surface area contributed by atoms with Crippen molar-refractivity contribution in [2.24, 2.45) is 17.1 Å². The first kappa shape index (κ1) is 21.6. The van der Waals surface area contributed by atoms with Crippen molar-refractivity contribution in [3.63, 3.8) is 0 Å². The monoisotopic (exact) mass is 336 g/mol. The third kappa shape index (κ3) is 4.82. The van der Waals surface area contributed by atoms with Crippen LogP contribution >= 0.6 is 12.4 Å². The van der Waals surface area contributed by atoms with Crippen LogP contribution in [0, 0.1) is 11.3 Å². The van der Waals surface area contributed by atoms with E-state index in [1.165, 1.54) is 0 Å². The highest BCUT2D eigenvalue weighted by Crippen LogP contribution is 2.49. The Morgan fingerprint density at radius 3 is 2.55 bits per heavy atom. The lowest BCUT2D eigenvalue weighted by Crippen LogP contribution is -2.75. The van der Waals surface area contributed by atoms with Crippen molar-refractivity contribution < 1.29 is 14.3 Å².